The van der Waals surface area contributed by atoms with Crippen molar-refractivity contribution < 1.29 is 14.7 Å². The molecule has 0 saturated carbocycles. The first-order chi connectivity index (χ1) is 13.4. The molecule has 0 unspecified atom stereocenters. The topological polar surface area (TPSA) is 57.6 Å². The monoisotopic (exact) mass is 443 g/mol. The minimum absolute atomic E-state index is 0.149. The van der Waals surface area contributed by atoms with Gasteiger partial charge in [0.2, 0.25) is 0 Å². The minimum Gasteiger partial charge on any atom is -0.382 e. The van der Waals surface area contributed by atoms with Crippen LogP contribution in [0.15, 0.2) is 53.0 Å². The van der Waals surface area contributed by atoms with Gasteiger partial charge in [-0.05, 0) is 44.9 Å². The van der Waals surface area contributed by atoms with Crippen LogP contribution in [0.5, 0.6) is 0 Å². The number of halogens is 1. The Morgan fingerprint density at radius 3 is 2.18 bits per heavy atom. The molecule has 28 heavy (non-hydrogen) atoms. The molecule has 1 aliphatic heterocycles. The summed E-state index contributed by atoms with van der Waals surface area (Å²) in [7, 11) is 0. The molecular formula is C23H26BrNO3. The van der Waals surface area contributed by atoms with Gasteiger partial charge in [0.25, 0.3) is 0 Å². The number of carbonyl (C=O) groups excluding carboxylic acids is 2. The van der Waals surface area contributed by atoms with Crippen LogP contribution in [0, 0.1) is 6.92 Å². The zero-order valence-corrected chi connectivity index (χ0v) is 17.7. The molecule has 0 radical (unpaired) electrons. The maximum absolute atomic E-state index is 12.7. The molecule has 0 spiro atoms. The predicted molar refractivity (Wildman–Crippen MR) is 114 cm³/mol. The molecule has 148 valence electrons. The van der Waals surface area contributed by atoms with Gasteiger partial charge in [0.05, 0.1) is 0 Å². The van der Waals surface area contributed by atoms with Gasteiger partial charge in [-0.3, -0.25) is 9.59 Å². The highest BCUT2D eigenvalue weighted by Crippen LogP contribution is 2.27. The Kier molecular flexibility index (Phi) is 6.81. The second kappa shape index (κ2) is 9.12. The molecule has 4 nitrogen and oxygen atoms in total. The first-order valence-corrected chi connectivity index (χ1v) is 10.5. The van der Waals surface area contributed by atoms with E-state index in [9.17, 15) is 14.7 Å². The molecule has 0 aromatic heterocycles. The average Bonchev–Trinajstić information content (AvgIpc) is 2.70. The van der Waals surface area contributed by atoms with Crippen LogP contribution in [0.4, 0.5) is 0 Å². The third-order valence-corrected chi connectivity index (χ3v) is 5.99. The number of hydrogen-bond acceptors (Lipinski definition) is 4. The molecule has 1 heterocycles. The van der Waals surface area contributed by atoms with Crippen molar-refractivity contribution >= 4 is 27.5 Å². The van der Waals surface area contributed by atoms with Crippen LogP contribution >= 0.6 is 15.9 Å². The minimum atomic E-state index is -1.28. The van der Waals surface area contributed by atoms with E-state index in [1.165, 1.54) is 0 Å². The molecule has 2 aromatic rings. The van der Waals surface area contributed by atoms with Crippen LogP contribution in [0.3, 0.4) is 0 Å². The molecule has 1 saturated heterocycles. The van der Waals surface area contributed by atoms with Gasteiger partial charge in [0.1, 0.15) is 5.60 Å². The van der Waals surface area contributed by atoms with Crippen molar-refractivity contribution in [1.82, 2.24) is 4.90 Å². The van der Waals surface area contributed by atoms with E-state index >= 15 is 0 Å². The SMILES string of the molecule is Cc1ccc(C(=O)C2(O)CCN(CCCC(=O)c3ccc(Br)cc3)CC2)cc1. The van der Waals surface area contributed by atoms with E-state index in [0.717, 1.165) is 28.6 Å². The Hall–Kier alpha value is -1.82. The van der Waals surface area contributed by atoms with Crippen molar-refractivity contribution in [3.63, 3.8) is 0 Å². The van der Waals surface area contributed by atoms with E-state index in [1.807, 2.05) is 43.3 Å². The highest BCUT2D eigenvalue weighted by Gasteiger charge is 2.39. The van der Waals surface area contributed by atoms with Crippen LogP contribution < -0.4 is 0 Å². The Morgan fingerprint density at radius 2 is 1.57 bits per heavy atom. The van der Waals surface area contributed by atoms with Crippen LogP contribution in [-0.2, 0) is 0 Å². The summed E-state index contributed by atoms with van der Waals surface area (Å²) in [4.78, 5) is 27.2. The van der Waals surface area contributed by atoms with E-state index < -0.39 is 5.60 Å². The van der Waals surface area contributed by atoms with Crippen molar-refractivity contribution in [2.24, 2.45) is 0 Å². The van der Waals surface area contributed by atoms with Gasteiger partial charge in [-0.15, -0.1) is 0 Å². The second-order valence-electron chi connectivity index (χ2n) is 7.60. The largest absolute Gasteiger partial charge is 0.382 e. The van der Waals surface area contributed by atoms with Crippen molar-refractivity contribution in [3.8, 4) is 0 Å². The van der Waals surface area contributed by atoms with Crippen molar-refractivity contribution in [1.29, 1.82) is 0 Å². The number of likely N-dealkylation sites (tertiary alicyclic amines) is 1. The fraction of sp³-hybridized carbons (Fsp3) is 0.391. The van der Waals surface area contributed by atoms with Gasteiger partial charge < -0.3 is 10.0 Å². The lowest BCUT2D eigenvalue weighted by Crippen LogP contribution is -2.49. The Morgan fingerprint density at radius 1 is 1.00 bits per heavy atom. The summed E-state index contributed by atoms with van der Waals surface area (Å²) in [5, 5.41) is 10.8. The van der Waals surface area contributed by atoms with E-state index in [1.54, 1.807) is 12.1 Å². The lowest BCUT2D eigenvalue weighted by molar-refractivity contribution is -0.00648. The lowest BCUT2D eigenvalue weighted by atomic mass is 9.84. The highest BCUT2D eigenvalue weighted by atomic mass is 79.9. The number of benzene rings is 2. The van der Waals surface area contributed by atoms with Crippen LogP contribution in [0.2, 0.25) is 0 Å². The summed E-state index contributed by atoms with van der Waals surface area (Å²) >= 11 is 3.37. The molecule has 0 amide bonds. The second-order valence-corrected chi connectivity index (χ2v) is 8.52. The summed E-state index contributed by atoms with van der Waals surface area (Å²) in [5.74, 6) is -0.0341. The molecule has 1 aliphatic rings. The number of ketones is 2. The third kappa shape index (κ3) is 5.16. The number of aryl methyl sites for hydroxylation is 1. The fourth-order valence-electron chi connectivity index (χ4n) is 3.59. The first kappa shape index (κ1) is 20.9. The van der Waals surface area contributed by atoms with Gasteiger partial charge >= 0.3 is 0 Å². The van der Waals surface area contributed by atoms with Crippen LogP contribution in [0.25, 0.3) is 0 Å². The van der Waals surface area contributed by atoms with E-state index in [0.29, 0.717) is 37.9 Å². The summed E-state index contributed by atoms with van der Waals surface area (Å²) < 4.78 is 0.963. The zero-order valence-electron chi connectivity index (χ0n) is 16.2. The summed E-state index contributed by atoms with van der Waals surface area (Å²) in [6.07, 6.45) is 2.14. The molecule has 2 aromatic carbocycles. The van der Waals surface area contributed by atoms with Crippen molar-refractivity contribution in [3.05, 3.63) is 69.7 Å². The van der Waals surface area contributed by atoms with Crippen molar-refractivity contribution in [2.45, 2.75) is 38.2 Å². The predicted octanol–water partition coefficient (Wildman–Crippen LogP) is 4.43. The fourth-order valence-corrected chi connectivity index (χ4v) is 3.85. The summed E-state index contributed by atoms with van der Waals surface area (Å²) in [6.45, 7) is 4.11. The third-order valence-electron chi connectivity index (χ3n) is 5.46. The molecule has 0 bridgehead atoms. The van der Waals surface area contributed by atoms with E-state index in [-0.39, 0.29) is 11.6 Å². The Bertz CT molecular complexity index is 822. The zero-order chi connectivity index (χ0) is 20.1. The molecule has 1 fully saturated rings. The number of piperidine rings is 1. The number of nitrogens with zero attached hydrogens (tertiary/aromatic N) is 1. The van der Waals surface area contributed by atoms with Crippen molar-refractivity contribution in [2.75, 3.05) is 19.6 Å². The maximum Gasteiger partial charge on any atom is 0.194 e. The molecule has 1 N–H and O–H groups in total. The maximum atomic E-state index is 12.7. The highest BCUT2D eigenvalue weighted by molar-refractivity contribution is 9.10. The molecular weight excluding hydrogens is 418 g/mol. The number of hydrogen-bond donors (Lipinski definition) is 1. The molecule has 0 aliphatic carbocycles. The van der Waals surface area contributed by atoms with Gasteiger partial charge in [-0.2, -0.15) is 0 Å². The quantitative estimate of drug-likeness (QED) is 0.642. The average molecular weight is 444 g/mol. The molecule has 3 rings (SSSR count). The van der Waals surface area contributed by atoms with Gasteiger partial charge in [-0.1, -0.05) is 57.9 Å². The number of rotatable bonds is 7. The smallest absolute Gasteiger partial charge is 0.194 e. The normalized spacial score (nSPS) is 16.7. The summed E-state index contributed by atoms with van der Waals surface area (Å²) in [5.41, 5.74) is 1.12. The van der Waals surface area contributed by atoms with Crippen LogP contribution in [0.1, 0.15) is 52.0 Å². The number of Topliss-reactive ketones (excluding diaryl/α,β-unsaturated/α-hetero) is 2. The van der Waals surface area contributed by atoms with E-state index in [4.69, 9.17) is 0 Å². The number of carbonyl (C=O) groups is 2. The van der Waals surface area contributed by atoms with E-state index in [2.05, 4.69) is 20.8 Å². The molecule has 0 atom stereocenters. The standard InChI is InChI=1S/C23H26BrNO3/c1-17-4-6-19(7-5-17)22(27)23(28)12-15-25(16-13-23)14-2-3-21(26)18-8-10-20(24)11-9-18/h4-11,28H,2-3,12-16H2,1H3. The Balaban J connectivity index is 1.46. The van der Waals surface area contributed by atoms with Gasteiger partial charge in [-0.25, -0.2) is 0 Å². The van der Waals surface area contributed by atoms with Gasteiger partial charge in [0, 0.05) is 35.1 Å². The lowest BCUT2D eigenvalue weighted by Gasteiger charge is -2.37. The first-order valence-electron chi connectivity index (χ1n) is 9.72. The Labute approximate surface area is 174 Å². The summed E-state index contributed by atoms with van der Waals surface area (Å²) in [6, 6.07) is 14.8. The van der Waals surface area contributed by atoms with Crippen LogP contribution in [-0.4, -0.2) is 46.8 Å². The van der Waals surface area contributed by atoms with Gasteiger partial charge in [0.15, 0.2) is 11.6 Å². The number of aliphatic hydroxyl groups is 1. The molecule has 5 heteroatoms.